The number of hydrogen-bond donors (Lipinski definition) is 2. The molecule has 1 amide bonds. The molecular formula is C27H28N4OS. The molecule has 1 aromatic heterocycles. The van der Waals surface area contributed by atoms with Crippen molar-refractivity contribution in [1.82, 2.24) is 10.2 Å². The standard InChI is InChI=1S/C27H28N4OS/c1-26(2,3)21-11-9-18(10-12-21)23-24(32)31(5)25(29)30-27(23,4)22-14-20(16-33-22)19-8-6-7-17(13-19)15-28/h6-14,16,23H,1-5H3,(H2,29,30)/t23-,27+/m0/s1. The zero-order chi connectivity index (χ0) is 24.0. The zero-order valence-corrected chi connectivity index (χ0v) is 20.4. The molecule has 0 unspecified atom stereocenters. The van der Waals surface area contributed by atoms with Crippen molar-refractivity contribution in [3.63, 3.8) is 0 Å². The van der Waals surface area contributed by atoms with Crippen molar-refractivity contribution in [2.45, 2.75) is 44.6 Å². The van der Waals surface area contributed by atoms with Crippen LogP contribution in [0.25, 0.3) is 11.1 Å². The van der Waals surface area contributed by atoms with Gasteiger partial charge in [-0.05, 0) is 58.2 Å². The Labute approximate surface area is 199 Å². The average molecular weight is 457 g/mol. The van der Waals surface area contributed by atoms with Gasteiger partial charge in [-0.1, -0.05) is 57.2 Å². The van der Waals surface area contributed by atoms with Crippen LogP contribution in [0, 0.1) is 16.7 Å². The summed E-state index contributed by atoms with van der Waals surface area (Å²) in [6, 6.07) is 20.0. The normalized spacial score (nSPS) is 21.0. The molecule has 1 fully saturated rings. The molecule has 4 rings (SSSR count). The van der Waals surface area contributed by atoms with Gasteiger partial charge in [-0.15, -0.1) is 11.3 Å². The van der Waals surface area contributed by atoms with Crippen LogP contribution in [0.15, 0.2) is 60.0 Å². The molecule has 1 aliphatic heterocycles. The molecule has 0 saturated carbocycles. The van der Waals surface area contributed by atoms with E-state index in [0.29, 0.717) is 5.56 Å². The number of nitrogens with one attached hydrogen (secondary N) is 2. The number of amides is 1. The van der Waals surface area contributed by atoms with Crippen LogP contribution in [0.2, 0.25) is 0 Å². The maximum Gasteiger partial charge on any atom is 0.239 e. The molecule has 2 N–H and O–H groups in total. The van der Waals surface area contributed by atoms with Crippen molar-refractivity contribution in [3.05, 3.63) is 81.5 Å². The number of guanidine groups is 1. The summed E-state index contributed by atoms with van der Waals surface area (Å²) >= 11 is 1.56. The fraction of sp³-hybridized carbons (Fsp3) is 0.296. The Kier molecular flexibility index (Phi) is 5.63. The minimum atomic E-state index is -0.778. The highest BCUT2D eigenvalue weighted by Crippen LogP contribution is 2.44. The van der Waals surface area contributed by atoms with Crippen LogP contribution in [0.1, 0.15) is 55.2 Å². The van der Waals surface area contributed by atoms with Crippen LogP contribution in [0.3, 0.4) is 0 Å². The summed E-state index contributed by atoms with van der Waals surface area (Å²) in [4.78, 5) is 15.8. The lowest BCUT2D eigenvalue weighted by atomic mass is 9.76. The molecule has 1 aliphatic rings. The van der Waals surface area contributed by atoms with Gasteiger partial charge in [-0.2, -0.15) is 5.26 Å². The fourth-order valence-electron chi connectivity index (χ4n) is 4.34. The number of rotatable bonds is 3. The molecule has 0 radical (unpaired) electrons. The first kappa shape index (κ1) is 22.8. The van der Waals surface area contributed by atoms with Gasteiger partial charge in [0.2, 0.25) is 5.91 Å². The van der Waals surface area contributed by atoms with Gasteiger partial charge in [-0.3, -0.25) is 15.1 Å². The van der Waals surface area contributed by atoms with Gasteiger partial charge >= 0.3 is 0 Å². The second-order valence-electron chi connectivity index (χ2n) is 9.77. The minimum Gasteiger partial charge on any atom is -0.345 e. The van der Waals surface area contributed by atoms with E-state index in [4.69, 9.17) is 5.41 Å². The summed E-state index contributed by atoms with van der Waals surface area (Å²) in [6.07, 6.45) is 0. The van der Waals surface area contributed by atoms with E-state index < -0.39 is 11.5 Å². The third-order valence-electron chi connectivity index (χ3n) is 6.41. The van der Waals surface area contributed by atoms with Crippen LogP contribution in [-0.2, 0) is 15.7 Å². The molecule has 0 spiro atoms. The first-order valence-corrected chi connectivity index (χ1v) is 11.8. The van der Waals surface area contributed by atoms with Gasteiger partial charge in [0.25, 0.3) is 0 Å². The molecule has 2 aromatic carbocycles. The molecule has 33 heavy (non-hydrogen) atoms. The van der Waals surface area contributed by atoms with Gasteiger partial charge in [-0.25, -0.2) is 0 Å². The van der Waals surface area contributed by atoms with Crippen LogP contribution in [0.4, 0.5) is 0 Å². The Hall–Kier alpha value is -3.43. The van der Waals surface area contributed by atoms with Gasteiger partial charge in [0.1, 0.15) is 0 Å². The number of thiophene rings is 1. The van der Waals surface area contributed by atoms with E-state index in [1.165, 1.54) is 10.5 Å². The lowest BCUT2D eigenvalue weighted by Crippen LogP contribution is -2.62. The minimum absolute atomic E-state index is 0.0240. The second-order valence-corrected chi connectivity index (χ2v) is 10.7. The van der Waals surface area contributed by atoms with E-state index in [1.54, 1.807) is 24.5 Å². The first-order valence-electron chi connectivity index (χ1n) is 10.9. The van der Waals surface area contributed by atoms with Crippen molar-refractivity contribution in [2.24, 2.45) is 0 Å². The molecule has 168 valence electrons. The fourth-order valence-corrected chi connectivity index (χ4v) is 5.40. The Bertz CT molecular complexity index is 1260. The number of carbonyl (C=O) groups excluding carboxylic acids is 1. The van der Waals surface area contributed by atoms with E-state index in [2.05, 4.69) is 50.4 Å². The van der Waals surface area contributed by atoms with Crippen molar-refractivity contribution in [2.75, 3.05) is 7.05 Å². The molecule has 3 aromatic rings. The van der Waals surface area contributed by atoms with Gasteiger partial charge in [0, 0.05) is 11.9 Å². The number of benzene rings is 2. The summed E-state index contributed by atoms with van der Waals surface area (Å²) in [7, 11) is 1.64. The van der Waals surface area contributed by atoms with E-state index in [9.17, 15) is 10.1 Å². The average Bonchev–Trinajstić information content (AvgIpc) is 3.29. The van der Waals surface area contributed by atoms with Crippen LogP contribution >= 0.6 is 11.3 Å². The monoisotopic (exact) mass is 456 g/mol. The quantitative estimate of drug-likeness (QED) is 0.540. The Morgan fingerprint density at radius 3 is 2.45 bits per heavy atom. The highest BCUT2D eigenvalue weighted by molar-refractivity contribution is 7.10. The summed E-state index contributed by atoms with van der Waals surface area (Å²) in [5.41, 5.74) is 3.94. The van der Waals surface area contributed by atoms with E-state index in [0.717, 1.165) is 21.6 Å². The highest BCUT2D eigenvalue weighted by Gasteiger charge is 2.49. The lowest BCUT2D eigenvalue weighted by Gasteiger charge is -2.45. The second kappa shape index (κ2) is 8.17. The molecule has 1 saturated heterocycles. The van der Waals surface area contributed by atoms with E-state index in [1.807, 2.05) is 42.6 Å². The molecule has 0 aliphatic carbocycles. The maximum atomic E-state index is 13.5. The smallest absolute Gasteiger partial charge is 0.239 e. The lowest BCUT2D eigenvalue weighted by molar-refractivity contribution is -0.131. The molecular weight excluding hydrogens is 428 g/mol. The summed E-state index contributed by atoms with van der Waals surface area (Å²) in [5, 5.41) is 23.0. The van der Waals surface area contributed by atoms with Crippen LogP contribution in [-0.4, -0.2) is 23.8 Å². The van der Waals surface area contributed by atoms with Gasteiger partial charge in [0.15, 0.2) is 5.96 Å². The Morgan fingerprint density at radius 2 is 1.82 bits per heavy atom. The molecule has 5 nitrogen and oxygen atoms in total. The van der Waals surface area contributed by atoms with E-state index in [-0.39, 0.29) is 17.3 Å². The van der Waals surface area contributed by atoms with Gasteiger partial charge in [0.05, 0.1) is 23.1 Å². The third kappa shape index (κ3) is 4.05. The number of nitriles is 1. The predicted octanol–water partition coefficient (Wildman–Crippen LogP) is 5.58. The topological polar surface area (TPSA) is 80.0 Å². The van der Waals surface area contributed by atoms with Crippen LogP contribution < -0.4 is 5.32 Å². The summed E-state index contributed by atoms with van der Waals surface area (Å²) in [6.45, 7) is 8.51. The van der Waals surface area contributed by atoms with Crippen molar-refractivity contribution in [1.29, 1.82) is 10.7 Å². The van der Waals surface area contributed by atoms with Gasteiger partial charge < -0.3 is 5.32 Å². The maximum absolute atomic E-state index is 13.5. The Morgan fingerprint density at radius 1 is 1.12 bits per heavy atom. The number of hydrogen-bond acceptors (Lipinski definition) is 4. The van der Waals surface area contributed by atoms with Crippen molar-refractivity contribution < 1.29 is 4.79 Å². The van der Waals surface area contributed by atoms with E-state index >= 15 is 0 Å². The number of nitrogens with zero attached hydrogens (tertiary/aromatic N) is 2. The highest BCUT2D eigenvalue weighted by atomic mass is 32.1. The summed E-state index contributed by atoms with van der Waals surface area (Å²) in [5.74, 6) is -0.500. The van der Waals surface area contributed by atoms with Crippen molar-refractivity contribution in [3.8, 4) is 17.2 Å². The number of carbonyl (C=O) groups is 1. The molecule has 0 bridgehead atoms. The molecule has 2 atom stereocenters. The molecule has 2 heterocycles. The third-order valence-corrected chi connectivity index (χ3v) is 7.58. The van der Waals surface area contributed by atoms with Crippen LogP contribution in [0.5, 0.6) is 0 Å². The largest absolute Gasteiger partial charge is 0.345 e. The molecule has 6 heteroatoms. The summed E-state index contributed by atoms with van der Waals surface area (Å²) < 4.78 is 0. The zero-order valence-electron chi connectivity index (χ0n) is 19.6. The predicted molar refractivity (Wildman–Crippen MR) is 133 cm³/mol. The van der Waals surface area contributed by atoms with Crippen molar-refractivity contribution >= 4 is 23.2 Å². The first-order chi connectivity index (χ1) is 15.5. The number of likely N-dealkylation sites (N-methyl/N-ethyl adjacent to an activating group) is 1. The Balaban J connectivity index is 1.79. The SMILES string of the molecule is CN1C(=N)N[C@](C)(c2cc(-c3cccc(C#N)c3)cs2)[C@@H](c2ccc(C(C)(C)C)cc2)C1=O.